The summed E-state index contributed by atoms with van der Waals surface area (Å²) in [5.74, 6) is 0. The first-order valence-electron chi connectivity index (χ1n) is 8.81. The Morgan fingerprint density at radius 2 is 1.04 bits per heavy atom. The van der Waals surface area contributed by atoms with Crippen LogP contribution in [-0.4, -0.2) is 0 Å². The molecule has 2 aromatic heterocycles. The van der Waals surface area contributed by atoms with Crippen LogP contribution in [0.3, 0.4) is 0 Å². The topological polar surface area (TPSA) is 26.3 Å². The SMILES string of the molecule is Ic1cccc2c1oc1c(-c3cccc4c3oc3ccccc34)cccc12. The summed E-state index contributed by atoms with van der Waals surface area (Å²) in [5, 5.41) is 4.55. The van der Waals surface area contributed by atoms with Crippen molar-refractivity contribution in [2.45, 2.75) is 0 Å². The smallest absolute Gasteiger partial charge is 0.148 e. The number of benzene rings is 4. The lowest BCUT2D eigenvalue weighted by molar-refractivity contribution is 0.663. The van der Waals surface area contributed by atoms with Gasteiger partial charge in [-0.3, -0.25) is 0 Å². The zero-order chi connectivity index (χ0) is 18.0. The Morgan fingerprint density at radius 3 is 1.81 bits per heavy atom. The molecule has 0 aliphatic carbocycles. The summed E-state index contributed by atoms with van der Waals surface area (Å²) in [6.07, 6.45) is 0. The van der Waals surface area contributed by atoms with Crippen LogP contribution in [0.4, 0.5) is 0 Å². The monoisotopic (exact) mass is 460 g/mol. The standard InChI is InChI=1S/C24H13IO2/c25-20-12-5-11-19-18-10-4-9-17(23(18)27-24(19)20)16-8-3-7-15-14-6-1-2-13-21(14)26-22(15)16/h1-13H. The van der Waals surface area contributed by atoms with Gasteiger partial charge in [0.05, 0.1) is 3.57 Å². The van der Waals surface area contributed by atoms with E-state index in [1.807, 2.05) is 18.2 Å². The number of halogens is 1. The third-order valence-electron chi connectivity index (χ3n) is 5.17. The van der Waals surface area contributed by atoms with Crippen LogP contribution in [0.2, 0.25) is 0 Å². The van der Waals surface area contributed by atoms with Crippen molar-refractivity contribution in [3.63, 3.8) is 0 Å². The number of furan rings is 2. The molecule has 0 fully saturated rings. The molecule has 6 rings (SSSR count). The van der Waals surface area contributed by atoms with Gasteiger partial charge in [-0.25, -0.2) is 0 Å². The number of para-hydroxylation sites is 4. The summed E-state index contributed by atoms with van der Waals surface area (Å²) >= 11 is 2.33. The molecule has 0 aliphatic heterocycles. The van der Waals surface area contributed by atoms with E-state index < -0.39 is 0 Å². The summed E-state index contributed by atoms with van der Waals surface area (Å²) in [5.41, 5.74) is 5.78. The maximum absolute atomic E-state index is 6.34. The Balaban J connectivity index is 1.76. The van der Waals surface area contributed by atoms with Gasteiger partial charge in [-0.2, -0.15) is 0 Å². The largest absolute Gasteiger partial charge is 0.455 e. The number of fused-ring (bicyclic) bond motifs is 6. The summed E-state index contributed by atoms with van der Waals surface area (Å²) < 4.78 is 13.7. The molecule has 4 aromatic carbocycles. The van der Waals surface area contributed by atoms with Crippen molar-refractivity contribution in [1.82, 2.24) is 0 Å². The van der Waals surface area contributed by atoms with Gasteiger partial charge in [0, 0.05) is 32.7 Å². The van der Waals surface area contributed by atoms with Crippen LogP contribution in [0.25, 0.3) is 55.0 Å². The van der Waals surface area contributed by atoms with Crippen molar-refractivity contribution in [3.8, 4) is 11.1 Å². The molecule has 2 heterocycles. The molecule has 6 aromatic rings. The van der Waals surface area contributed by atoms with E-state index in [9.17, 15) is 0 Å². The zero-order valence-electron chi connectivity index (χ0n) is 14.2. The maximum Gasteiger partial charge on any atom is 0.148 e. The molecule has 128 valence electrons. The van der Waals surface area contributed by atoms with E-state index in [1.165, 1.54) is 0 Å². The molecule has 0 radical (unpaired) electrons. The molecular weight excluding hydrogens is 447 g/mol. The van der Waals surface area contributed by atoms with Crippen molar-refractivity contribution in [2.75, 3.05) is 0 Å². The van der Waals surface area contributed by atoms with Gasteiger partial charge in [0.1, 0.15) is 22.3 Å². The molecule has 0 atom stereocenters. The maximum atomic E-state index is 6.34. The van der Waals surface area contributed by atoms with E-state index in [-0.39, 0.29) is 0 Å². The van der Waals surface area contributed by atoms with Crippen LogP contribution in [0.15, 0.2) is 87.7 Å². The fourth-order valence-corrected chi connectivity index (χ4v) is 4.57. The van der Waals surface area contributed by atoms with Gasteiger partial charge in [-0.15, -0.1) is 0 Å². The zero-order valence-corrected chi connectivity index (χ0v) is 16.4. The van der Waals surface area contributed by atoms with Crippen molar-refractivity contribution >= 4 is 66.5 Å². The van der Waals surface area contributed by atoms with Gasteiger partial charge in [0.15, 0.2) is 0 Å². The predicted molar refractivity (Wildman–Crippen MR) is 119 cm³/mol. The summed E-state index contributed by atoms with van der Waals surface area (Å²) in [6.45, 7) is 0. The highest BCUT2D eigenvalue weighted by Gasteiger charge is 2.17. The van der Waals surface area contributed by atoms with Crippen molar-refractivity contribution < 1.29 is 8.83 Å². The fraction of sp³-hybridized carbons (Fsp3) is 0. The van der Waals surface area contributed by atoms with Crippen molar-refractivity contribution in [1.29, 1.82) is 0 Å². The molecule has 0 bridgehead atoms. The van der Waals surface area contributed by atoms with E-state index in [2.05, 4.69) is 83.3 Å². The van der Waals surface area contributed by atoms with Crippen LogP contribution in [0, 0.1) is 3.57 Å². The highest BCUT2D eigenvalue weighted by molar-refractivity contribution is 14.1. The minimum Gasteiger partial charge on any atom is -0.455 e. The third-order valence-corrected chi connectivity index (χ3v) is 6.02. The Bertz CT molecular complexity index is 1490. The highest BCUT2D eigenvalue weighted by Crippen LogP contribution is 2.41. The Morgan fingerprint density at radius 1 is 0.481 bits per heavy atom. The molecule has 0 saturated carbocycles. The molecule has 0 saturated heterocycles. The summed E-state index contributed by atoms with van der Waals surface area (Å²) in [4.78, 5) is 0. The summed E-state index contributed by atoms with van der Waals surface area (Å²) in [6, 6.07) is 27.1. The minimum atomic E-state index is 0.904. The van der Waals surface area contributed by atoms with E-state index in [1.54, 1.807) is 0 Å². The Hall–Kier alpha value is -2.79. The molecular formula is C24H13IO2. The molecule has 2 nitrogen and oxygen atoms in total. The van der Waals surface area contributed by atoms with E-state index >= 15 is 0 Å². The first-order valence-corrected chi connectivity index (χ1v) is 9.89. The lowest BCUT2D eigenvalue weighted by Crippen LogP contribution is -1.80. The normalized spacial score (nSPS) is 11.9. The Kier molecular flexibility index (Phi) is 3.17. The second kappa shape index (κ2) is 5.60. The van der Waals surface area contributed by atoms with Gasteiger partial charge < -0.3 is 8.83 Å². The number of hydrogen-bond acceptors (Lipinski definition) is 2. The lowest BCUT2D eigenvalue weighted by atomic mass is 10.00. The minimum absolute atomic E-state index is 0.904. The first-order chi connectivity index (χ1) is 13.3. The first kappa shape index (κ1) is 15.3. The van der Waals surface area contributed by atoms with Crippen molar-refractivity contribution in [3.05, 3.63) is 82.4 Å². The average Bonchev–Trinajstić information content (AvgIpc) is 3.27. The molecule has 0 amide bonds. The lowest BCUT2D eigenvalue weighted by Gasteiger charge is -2.03. The summed E-state index contributed by atoms with van der Waals surface area (Å²) in [7, 11) is 0. The highest BCUT2D eigenvalue weighted by atomic mass is 127. The fourth-order valence-electron chi connectivity index (χ4n) is 3.96. The van der Waals surface area contributed by atoms with Gasteiger partial charge in [0.2, 0.25) is 0 Å². The quantitative estimate of drug-likeness (QED) is 0.235. The number of hydrogen-bond donors (Lipinski definition) is 0. The molecule has 3 heteroatoms. The number of rotatable bonds is 1. The van der Waals surface area contributed by atoms with Crippen LogP contribution in [-0.2, 0) is 0 Å². The van der Waals surface area contributed by atoms with Gasteiger partial charge >= 0.3 is 0 Å². The molecule has 0 N–H and O–H groups in total. The van der Waals surface area contributed by atoms with E-state index in [0.717, 1.165) is 58.6 Å². The third kappa shape index (κ3) is 2.12. The van der Waals surface area contributed by atoms with E-state index in [0.29, 0.717) is 0 Å². The van der Waals surface area contributed by atoms with Gasteiger partial charge in [-0.05, 0) is 34.7 Å². The van der Waals surface area contributed by atoms with Gasteiger partial charge in [-0.1, -0.05) is 66.7 Å². The molecule has 0 aliphatic rings. The van der Waals surface area contributed by atoms with E-state index in [4.69, 9.17) is 8.83 Å². The van der Waals surface area contributed by atoms with Crippen LogP contribution in [0.5, 0.6) is 0 Å². The second-order valence-electron chi connectivity index (χ2n) is 6.68. The van der Waals surface area contributed by atoms with Crippen molar-refractivity contribution in [2.24, 2.45) is 0 Å². The second-order valence-corrected chi connectivity index (χ2v) is 7.84. The van der Waals surface area contributed by atoms with Crippen LogP contribution in [0.1, 0.15) is 0 Å². The molecule has 0 spiro atoms. The van der Waals surface area contributed by atoms with Gasteiger partial charge in [0.25, 0.3) is 0 Å². The van der Waals surface area contributed by atoms with Crippen LogP contribution >= 0.6 is 22.6 Å². The predicted octanol–water partition coefficient (Wildman–Crippen LogP) is 7.76. The molecule has 27 heavy (non-hydrogen) atoms. The van der Waals surface area contributed by atoms with Crippen LogP contribution < -0.4 is 0 Å². The molecule has 0 unspecified atom stereocenters. The Labute approximate surface area is 168 Å². The average molecular weight is 460 g/mol.